The highest BCUT2D eigenvalue weighted by molar-refractivity contribution is 9.10. The molecule has 7 heteroatoms. The maximum atomic E-state index is 13.5. The summed E-state index contributed by atoms with van der Waals surface area (Å²) in [5, 5.41) is 4.06. The summed E-state index contributed by atoms with van der Waals surface area (Å²) in [6.45, 7) is 0. The van der Waals surface area contributed by atoms with Crippen LogP contribution in [0.5, 0.6) is 11.6 Å². The van der Waals surface area contributed by atoms with E-state index in [0.717, 1.165) is 0 Å². The number of ether oxygens (including phenoxy) is 1. The van der Waals surface area contributed by atoms with E-state index < -0.39 is 5.82 Å². The first-order valence-electron chi connectivity index (χ1n) is 5.36. The number of nitrogens with two attached hydrogens (primary N) is 1. The lowest BCUT2D eigenvalue weighted by Gasteiger charge is -2.09. The lowest BCUT2D eigenvalue weighted by atomic mass is 10.3. The Kier molecular flexibility index (Phi) is 2.83. The maximum Gasteiger partial charge on any atom is 0.245 e. The Morgan fingerprint density at radius 1 is 1.32 bits per heavy atom. The van der Waals surface area contributed by atoms with Gasteiger partial charge in [-0.3, -0.25) is 0 Å². The first kappa shape index (κ1) is 11.9. The molecular formula is C12H8BrFN4O. The number of fused-ring (bicyclic) bond motifs is 1. The molecule has 19 heavy (non-hydrogen) atoms. The monoisotopic (exact) mass is 322 g/mol. The van der Waals surface area contributed by atoms with Crippen molar-refractivity contribution in [2.45, 2.75) is 0 Å². The minimum atomic E-state index is -0.454. The summed E-state index contributed by atoms with van der Waals surface area (Å²) >= 11 is 3.06. The summed E-state index contributed by atoms with van der Waals surface area (Å²) in [6.07, 6.45) is 4.85. The molecular weight excluding hydrogens is 315 g/mol. The fourth-order valence-electron chi connectivity index (χ4n) is 1.65. The fraction of sp³-hybridized carbons (Fsp3) is 0. The Hall–Kier alpha value is -2.15. The van der Waals surface area contributed by atoms with E-state index in [0.29, 0.717) is 17.1 Å². The first-order chi connectivity index (χ1) is 9.15. The van der Waals surface area contributed by atoms with Gasteiger partial charge in [-0.05, 0) is 28.1 Å². The molecule has 0 saturated heterocycles. The largest absolute Gasteiger partial charge is 0.435 e. The van der Waals surface area contributed by atoms with E-state index in [1.54, 1.807) is 29.2 Å². The van der Waals surface area contributed by atoms with Crippen molar-refractivity contribution >= 4 is 27.1 Å². The number of aromatic nitrogens is 3. The van der Waals surface area contributed by atoms with Gasteiger partial charge < -0.3 is 10.5 Å². The van der Waals surface area contributed by atoms with Crippen LogP contribution in [0.2, 0.25) is 0 Å². The molecule has 0 radical (unpaired) electrons. The van der Waals surface area contributed by atoms with Crippen LogP contribution in [0, 0.1) is 5.82 Å². The normalized spacial score (nSPS) is 10.8. The molecule has 0 unspecified atom stereocenters. The van der Waals surface area contributed by atoms with Gasteiger partial charge in [-0.25, -0.2) is 13.9 Å². The van der Waals surface area contributed by atoms with E-state index in [9.17, 15) is 4.39 Å². The molecule has 2 heterocycles. The third-order valence-corrected chi connectivity index (χ3v) is 3.16. The predicted molar refractivity (Wildman–Crippen MR) is 71.6 cm³/mol. The number of hydrogen-bond donors (Lipinski definition) is 1. The number of benzene rings is 1. The van der Waals surface area contributed by atoms with Crippen molar-refractivity contribution in [3.05, 3.63) is 47.1 Å². The molecule has 0 aliphatic rings. The van der Waals surface area contributed by atoms with Crippen molar-refractivity contribution in [3.63, 3.8) is 0 Å². The number of nitrogens with zero attached hydrogens (tertiary/aromatic N) is 3. The molecule has 0 bridgehead atoms. The van der Waals surface area contributed by atoms with Crippen molar-refractivity contribution < 1.29 is 9.13 Å². The number of anilines is 1. The number of hydrogen-bond acceptors (Lipinski definition) is 4. The first-order valence-corrected chi connectivity index (χ1v) is 6.15. The predicted octanol–water partition coefficient (Wildman–Crippen LogP) is 3.01. The average Bonchev–Trinajstić information content (AvgIpc) is 2.85. The minimum Gasteiger partial charge on any atom is -0.435 e. The Morgan fingerprint density at radius 2 is 2.16 bits per heavy atom. The lowest BCUT2D eigenvalue weighted by Crippen LogP contribution is -1.97. The number of rotatable bonds is 2. The summed E-state index contributed by atoms with van der Waals surface area (Å²) in [5.41, 5.74) is 6.77. The maximum absolute atomic E-state index is 13.5. The van der Waals surface area contributed by atoms with Gasteiger partial charge in [0.1, 0.15) is 11.3 Å². The standard InChI is InChI=1S/C12H8BrFN4O/c13-7-5-9(15)11(6-8(7)14)19-12-10-1-2-17-18(10)4-3-16-12/h1-6H,15H2. The van der Waals surface area contributed by atoms with Crippen LogP contribution in [-0.2, 0) is 0 Å². The molecule has 0 atom stereocenters. The Labute approximate surface area is 116 Å². The lowest BCUT2D eigenvalue weighted by molar-refractivity contribution is 0.462. The van der Waals surface area contributed by atoms with Crippen molar-refractivity contribution in [1.82, 2.24) is 14.6 Å². The van der Waals surface area contributed by atoms with Gasteiger partial charge in [-0.1, -0.05) is 0 Å². The number of nitrogen functional groups attached to an aromatic ring is 1. The second kappa shape index (κ2) is 4.51. The fourth-order valence-corrected chi connectivity index (χ4v) is 2.01. The van der Waals surface area contributed by atoms with E-state index in [2.05, 4.69) is 26.0 Å². The molecule has 0 spiro atoms. The van der Waals surface area contributed by atoms with Crippen LogP contribution < -0.4 is 10.5 Å². The van der Waals surface area contributed by atoms with Gasteiger partial charge in [0.15, 0.2) is 5.75 Å². The van der Waals surface area contributed by atoms with Gasteiger partial charge >= 0.3 is 0 Å². The molecule has 0 fully saturated rings. The van der Waals surface area contributed by atoms with E-state index in [1.807, 2.05) is 0 Å². The van der Waals surface area contributed by atoms with Crippen molar-refractivity contribution in [2.24, 2.45) is 0 Å². The summed E-state index contributed by atoms with van der Waals surface area (Å²) in [5.74, 6) is 0.0700. The third kappa shape index (κ3) is 2.12. The van der Waals surface area contributed by atoms with Crippen molar-refractivity contribution in [2.75, 3.05) is 5.73 Å². The van der Waals surface area contributed by atoms with Crippen LogP contribution >= 0.6 is 15.9 Å². The Bertz CT molecular complexity index is 759. The van der Waals surface area contributed by atoms with Gasteiger partial charge in [-0.15, -0.1) is 0 Å². The zero-order valence-electron chi connectivity index (χ0n) is 9.55. The SMILES string of the molecule is Nc1cc(Br)c(F)cc1Oc1nccn2nccc12. The summed E-state index contributed by atoms with van der Waals surface area (Å²) in [6, 6.07) is 4.40. The highest BCUT2D eigenvalue weighted by Crippen LogP contribution is 2.32. The van der Waals surface area contributed by atoms with E-state index in [-0.39, 0.29) is 10.2 Å². The average molecular weight is 323 g/mol. The molecule has 0 aliphatic heterocycles. The minimum absolute atomic E-state index is 0.211. The van der Waals surface area contributed by atoms with Crippen LogP contribution in [0.3, 0.4) is 0 Å². The molecule has 1 aromatic carbocycles. The highest BCUT2D eigenvalue weighted by atomic mass is 79.9. The smallest absolute Gasteiger partial charge is 0.245 e. The second-order valence-corrected chi connectivity index (χ2v) is 4.65. The molecule has 5 nitrogen and oxygen atoms in total. The molecule has 2 N–H and O–H groups in total. The number of halogens is 2. The van der Waals surface area contributed by atoms with Crippen LogP contribution in [0.1, 0.15) is 0 Å². The highest BCUT2D eigenvalue weighted by Gasteiger charge is 2.11. The topological polar surface area (TPSA) is 65.4 Å². The van der Waals surface area contributed by atoms with E-state index in [1.165, 1.54) is 12.1 Å². The molecule has 96 valence electrons. The van der Waals surface area contributed by atoms with Crippen molar-refractivity contribution in [3.8, 4) is 11.6 Å². The van der Waals surface area contributed by atoms with Crippen LogP contribution in [-0.4, -0.2) is 14.6 Å². The van der Waals surface area contributed by atoms with Gasteiger partial charge in [0.25, 0.3) is 0 Å². The quantitative estimate of drug-likeness (QED) is 0.736. The van der Waals surface area contributed by atoms with Gasteiger partial charge in [0.2, 0.25) is 5.88 Å². The van der Waals surface area contributed by atoms with Crippen molar-refractivity contribution in [1.29, 1.82) is 0 Å². The van der Waals surface area contributed by atoms with E-state index >= 15 is 0 Å². The zero-order valence-corrected chi connectivity index (χ0v) is 11.1. The van der Waals surface area contributed by atoms with Crippen LogP contribution in [0.15, 0.2) is 41.3 Å². The molecule has 2 aromatic heterocycles. The summed E-state index contributed by atoms with van der Waals surface area (Å²) < 4.78 is 20.9. The molecule has 0 saturated carbocycles. The van der Waals surface area contributed by atoms with Crippen LogP contribution in [0.4, 0.5) is 10.1 Å². The van der Waals surface area contributed by atoms with Gasteiger partial charge in [0.05, 0.1) is 16.4 Å². The zero-order chi connectivity index (χ0) is 13.4. The molecule has 0 aliphatic carbocycles. The third-order valence-electron chi connectivity index (χ3n) is 2.55. The van der Waals surface area contributed by atoms with Gasteiger partial charge in [0, 0.05) is 18.5 Å². The van der Waals surface area contributed by atoms with E-state index in [4.69, 9.17) is 10.5 Å². The van der Waals surface area contributed by atoms with Crippen LogP contribution in [0.25, 0.3) is 5.52 Å². The molecule has 0 amide bonds. The summed E-state index contributed by atoms with van der Waals surface area (Å²) in [4.78, 5) is 4.09. The summed E-state index contributed by atoms with van der Waals surface area (Å²) in [7, 11) is 0. The second-order valence-electron chi connectivity index (χ2n) is 3.80. The molecule has 3 aromatic rings. The Balaban J connectivity index is 2.06. The molecule has 3 rings (SSSR count). The Morgan fingerprint density at radius 3 is 3.00 bits per heavy atom. The van der Waals surface area contributed by atoms with Gasteiger partial charge in [-0.2, -0.15) is 5.10 Å².